The van der Waals surface area contributed by atoms with Crippen molar-refractivity contribution in [3.05, 3.63) is 29.8 Å². The van der Waals surface area contributed by atoms with Crippen LogP contribution in [0.15, 0.2) is 24.3 Å². The van der Waals surface area contributed by atoms with E-state index in [9.17, 15) is 4.79 Å². The van der Waals surface area contributed by atoms with Gasteiger partial charge in [-0.05, 0) is 0 Å². The van der Waals surface area contributed by atoms with Gasteiger partial charge in [0, 0.05) is 0 Å². The van der Waals surface area contributed by atoms with Crippen molar-refractivity contribution in [2.24, 2.45) is 0 Å². The van der Waals surface area contributed by atoms with E-state index in [1.807, 2.05) is 6.07 Å². The standard InChI is InChI=1S/C12H16O2Te/c1-9-5-3-4-6-11(9)15-10(2)7-8-12(13)14/h3-6,10H,7-8H2,1-2H3,(H,13,14). The molecule has 0 radical (unpaired) electrons. The summed E-state index contributed by atoms with van der Waals surface area (Å²) < 4.78 is 2.02. The van der Waals surface area contributed by atoms with Crippen LogP contribution in [-0.4, -0.2) is 32.0 Å². The number of hydrogen-bond acceptors (Lipinski definition) is 1. The average molecular weight is 320 g/mol. The van der Waals surface area contributed by atoms with Gasteiger partial charge in [-0.2, -0.15) is 0 Å². The number of carboxylic acid groups (broad SMARTS) is 1. The van der Waals surface area contributed by atoms with E-state index in [0.717, 1.165) is 6.42 Å². The molecule has 15 heavy (non-hydrogen) atoms. The molecule has 0 heterocycles. The zero-order valence-corrected chi connectivity index (χ0v) is 11.4. The van der Waals surface area contributed by atoms with Gasteiger partial charge in [0.15, 0.2) is 0 Å². The molecule has 1 unspecified atom stereocenters. The van der Waals surface area contributed by atoms with Crippen molar-refractivity contribution < 1.29 is 9.90 Å². The summed E-state index contributed by atoms with van der Waals surface area (Å²) in [6, 6.07) is 8.42. The quantitative estimate of drug-likeness (QED) is 0.843. The first-order valence-electron chi connectivity index (χ1n) is 5.03. The normalized spacial score (nSPS) is 12.4. The third-order valence-electron chi connectivity index (χ3n) is 2.19. The van der Waals surface area contributed by atoms with Crippen LogP contribution in [0.5, 0.6) is 0 Å². The van der Waals surface area contributed by atoms with Gasteiger partial charge in [0.25, 0.3) is 0 Å². The Kier molecular flexibility index (Phi) is 5.14. The van der Waals surface area contributed by atoms with E-state index in [1.54, 1.807) is 0 Å². The van der Waals surface area contributed by atoms with Gasteiger partial charge >= 0.3 is 101 Å². The van der Waals surface area contributed by atoms with Gasteiger partial charge in [-0.15, -0.1) is 0 Å². The van der Waals surface area contributed by atoms with Crippen molar-refractivity contribution in [3.63, 3.8) is 0 Å². The van der Waals surface area contributed by atoms with E-state index in [-0.39, 0.29) is 20.9 Å². The van der Waals surface area contributed by atoms with Crippen molar-refractivity contribution in [1.29, 1.82) is 0 Å². The second kappa shape index (κ2) is 6.15. The van der Waals surface area contributed by atoms with Crippen molar-refractivity contribution in [2.45, 2.75) is 30.7 Å². The van der Waals surface area contributed by atoms with Crippen LogP contribution in [-0.2, 0) is 4.79 Å². The number of carboxylic acids is 1. The molecular formula is C12H16O2Te. The average Bonchev–Trinajstić information content (AvgIpc) is 2.18. The summed E-state index contributed by atoms with van der Waals surface area (Å²) in [5.41, 5.74) is 1.35. The SMILES string of the molecule is Cc1ccccc1[Te]C(C)CCC(=O)O. The van der Waals surface area contributed by atoms with Gasteiger partial charge in [-0.25, -0.2) is 0 Å². The molecule has 1 N–H and O–H groups in total. The fourth-order valence-electron chi connectivity index (χ4n) is 1.29. The molecule has 1 atom stereocenters. The molecule has 0 aliphatic rings. The van der Waals surface area contributed by atoms with Crippen LogP contribution >= 0.6 is 0 Å². The van der Waals surface area contributed by atoms with Crippen molar-refractivity contribution in [2.75, 3.05) is 0 Å². The molecule has 0 saturated carbocycles. The summed E-state index contributed by atoms with van der Waals surface area (Å²) in [5, 5.41) is 8.60. The molecule has 0 amide bonds. The maximum absolute atomic E-state index is 10.4. The Hall–Kier alpha value is -0.520. The van der Waals surface area contributed by atoms with Gasteiger partial charge in [-0.3, -0.25) is 0 Å². The molecule has 82 valence electrons. The number of hydrogen-bond donors (Lipinski definition) is 1. The van der Waals surface area contributed by atoms with Crippen molar-refractivity contribution in [1.82, 2.24) is 0 Å². The van der Waals surface area contributed by atoms with E-state index >= 15 is 0 Å². The monoisotopic (exact) mass is 322 g/mol. The molecule has 0 spiro atoms. The summed E-state index contributed by atoms with van der Waals surface area (Å²) in [4.78, 5) is 10.4. The molecular weight excluding hydrogens is 304 g/mol. The zero-order chi connectivity index (χ0) is 11.3. The molecule has 0 fully saturated rings. The summed E-state index contributed by atoms with van der Waals surface area (Å²) in [6.45, 7) is 4.29. The Morgan fingerprint density at radius 1 is 1.47 bits per heavy atom. The summed E-state index contributed by atoms with van der Waals surface area (Å²) in [6.07, 6.45) is 1.11. The fourth-order valence-corrected chi connectivity index (χ4v) is 4.37. The van der Waals surface area contributed by atoms with E-state index in [0.29, 0.717) is 10.4 Å². The summed E-state index contributed by atoms with van der Waals surface area (Å²) in [5.74, 6) is -0.681. The number of carbonyl (C=O) groups is 1. The minimum atomic E-state index is -0.681. The van der Waals surface area contributed by atoms with Crippen LogP contribution in [0.1, 0.15) is 25.3 Å². The summed E-state index contributed by atoms with van der Waals surface area (Å²) >= 11 is -0.239. The first-order chi connectivity index (χ1) is 7.09. The topological polar surface area (TPSA) is 37.3 Å². The van der Waals surface area contributed by atoms with Gasteiger partial charge in [-0.1, -0.05) is 0 Å². The number of rotatable bonds is 5. The predicted molar refractivity (Wildman–Crippen MR) is 62.9 cm³/mol. The van der Waals surface area contributed by atoms with Gasteiger partial charge in [0.2, 0.25) is 0 Å². The van der Waals surface area contributed by atoms with Crippen LogP contribution in [0.2, 0.25) is 3.97 Å². The molecule has 0 aliphatic carbocycles. The second-order valence-corrected chi connectivity index (χ2v) is 7.85. The first-order valence-corrected chi connectivity index (χ1v) is 7.54. The third kappa shape index (κ3) is 4.68. The zero-order valence-electron chi connectivity index (χ0n) is 9.06. The predicted octanol–water partition coefficient (Wildman–Crippen LogP) is 2.00. The van der Waals surface area contributed by atoms with Crippen LogP contribution in [0.3, 0.4) is 0 Å². The van der Waals surface area contributed by atoms with Gasteiger partial charge in [0.1, 0.15) is 0 Å². The molecule has 3 heteroatoms. The number of benzene rings is 1. The van der Waals surface area contributed by atoms with Crippen LogP contribution in [0.4, 0.5) is 0 Å². The Morgan fingerprint density at radius 3 is 2.73 bits per heavy atom. The fraction of sp³-hybridized carbons (Fsp3) is 0.417. The molecule has 1 aromatic rings. The number of aryl methyl sites for hydroxylation is 1. The molecule has 0 saturated heterocycles. The molecule has 1 aromatic carbocycles. The second-order valence-electron chi connectivity index (χ2n) is 3.63. The van der Waals surface area contributed by atoms with Crippen molar-refractivity contribution in [3.8, 4) is 0 Å². The minimum absolute atomic E-state index is 0.239. The van der Waals surface area contributed by atoms with Gasteiger partial charge in [0.05, 0.1) is 0 Å². The third-order valence-corrected chi connectivity index (χ3v) is 6.04. The molecule has 0 aliphatic heterocycles. The van der Waals surface area contributed by atoms with Crippen molar-refractivity contribution >= 4 is 30.5 Å². The first kappa shape index (κ1) is 12.5. The Balaban J connectivity index is 2.47. The number of aliphatic carboxylic acids is 1. The Morgan fingerprint density at radius 2 is 2.13 bits per heavy atom. The van der Waals surface area contributed by atoms with E-state index in [1.165, 1.54) is 9.17 Å². The van der Waals surface area contributed by atoms with E-state index in [4.69, 9.17) is 5.11 Å². The van der Waals surface area contributed by atoms with Gasteiger partial charge < -0.3 is 0 Å². The van der Waals surface area contributed by atoms with Crippen LogP contribution in [0, 0.1) is 6.92 Å². The van der Waals surface area contributed by atoms with Crippen LogP contribution < -0.4 is 3.61 Å². The maximum atomic E-state index is 10.4. The van der Waals surface area contributed by atoms with Crippen LogP contribution in [0.25, 0.3) is 0 Å². The Labute approximate surface area is 101 Å². The molecule has 0 bridgehead atoms. The molecule has 1 rings (SSSR count). The van der Waals surface area contributed by atoms with E-state index in [2.05, 4.69) is 32.0 Å². The molecule has 2 nitrogen and oxygen atoms in total. The Bertz CT molecular complexity index is 336. The van der Waals surface area contributed by atoms with E-state index < -0.39 is 5.97 Å². The molecule has 0 aromatic heterocycles. The summed E-state index contributed by atoms with van der Waals surface area (Å²) in [7, 11) is 0.